The van der Waals surface area contributed by atoms with Gasteiger partial charge in [0.2, 0.25) is 0 Å². The second kappa shape index (κ2) is 10.1. The van der Waals surface area contributed by atoms with Crippen LogP contribution in [-0.2, 0) is 4.74 Å². The summed E-state index contributed by atoms with van der Waals surface area (Å²) in [5.74, 6) is 2.67. The van der Waals surface area contributed by atoms with Crippen LogP contribution in [0, 0.1) is 11.8 Å². The second-order valence-electron chi connectivity index (χ2n) is 6.82. The van der Waals surface area contributed by atoms with E-state index in [2.05, 4.69) is 27.4 Å². The van der Waals surface area contributed by atoms with Crippen molar-refractivity contribution in [2.75, 3.05) is 53.0 Å². The van der Waals surface area contributed by atoms with E-state index in [0.717, 1.165) is 57.1 Å². The molecule has 5 heteroatoms. The molecular formula is C17H34N4O. The summed E-state index contributed by atoms with van der Waals surface area (Å²) in [4.78, 5) is 6.82. The normalized spacial score (nSPS) is 21.1. The Bertz CT molecular complexity index is 323. The first-order valence-corrected chi connectivity index (χ1v) is 9.02. The molecule has 2 N–H and O–H groups in total. The van der Waals surface area contributed by atoms with E-state index >= 15 is 0 Å². The van der Waals surface area contributed by atoms with Gasteiger partial charge in [-0.05, 0) is 57.0 Å². The van der Waals surface area contributed by atoms with Crippen molar-refractivity contribution >= 4 is 5.96 Å². The van der Waals surface area contributed by atoms with Crippen molar-refractivity contribution in [2.24, 2.45) is 16.8 Å². The molecule has 128 valence electrons. The summed E-state index contributed by atoms with van der Waals surface area (Å²) in [5.41, 5.74) is 0. The van der Waals surface area contributed by atoms with E-state index in [0.29, 0.717) is 0 Å². The molecule has 1 aliphatic heterocycles. The summed E-state index contributed by atoms with van der Waals surface area (Å²) in [5, 5.41) is 6.76. The molecule has 1 saturated carbocycles. The Hall–Kier alpha value is -0.810. The third-order valence-electron chi connectivity index (χ3n) is 4.63. The minimum absolute atomic E-state index is 0.854. The number of likely N-dealkylation sites (tertiary alicyclic amines) is 1. The summed E-state index contributed by atoms with van der Waals surface area (Å²) >= 11 is 0. The van der Waals surface area contributed by atoms with E-state index in [1.807, 2.05) is 7.05 Å². The lowest BCUT2D eigenvalue weighted by molar-refractivity contribution is 0.123. The number of ether oxygens (including phenoxy) is 1. The molecular weight excluding hydrogens is 276 g/mol. The van der Waals surface area contributed by atoms with Gasteiger partial charge in [-0.25, -0.2) is 0 Å². The minimum Gasteiger partial charge on any atom is -0.381 e. The molecule has 0 aromatic carbocycles. The van der Waals surface area contributed by atoms with Crippen LogP contribution in [-0.4, -0.2) is 63.8 Å². The Kier molecular flexibility index (Phi) is 8.02. The zero-order valence-corrected chi connectivity index (χ0v) is 14.4. The molecule has 2 rings (SSSR count). The largest absolute Gasteiger partial charge is 0.381 e. The van der Waals surface area contributed by atoms with Gasteiger partial charge in [-0.15, -0.1) is 0 Å². The van der Waals surface area contributed by atoms with Gasteiger partial charge in [-0.2, -0.15) is 0 Å². The Morgan fingerprint density at radius 2 is 1.86 bits per heavy atom. The third-order valence-corrected chi connectivity index (χ3v) is 4.63. The van der Waals surface area contributed by atoms with Crippen LogP contribution in [0.25, 0.3) is 0 Å². The number of nitrogens with one attached hydrogen (secondary N) is 2. The number of hydrogen-bond acceptors (Lipinski definition) is 3. The monoisotopic (exact) mass is 310 g/mol. The van der Waals surface area contributed by atoms with Crippen molar-refractivity contribution in [3.63, 3.8) is 0 Å². The fourth-order valence-electron chi connectivity index (χ4n) is 2.75. The molecule has 0 atom stereocenters. The molecule has 0 unspecified atom stereocenters. The standard InChI is InChI=1S/C17H34N4O/c1-15-6-10-21(11-7-15)12-9-20-17(18-2)19-8-3-13-22-14-16-4-5-16/h15-16H,3-14H2,1-2H3,(H2,18,19,20). The zero-order valence-electron chi connectivity index (χ0n) is 14.4. The summed E-state index contributed by atoms with van der Waals surface area (Å²) < 4.78 is 5.64. The maximum atomic E-state index is 5.64. The topological polar surface area (TPSA) is 48.9 Å². The second-order valence-corrected chi connectivity index (χ2v) is 6.82. The van der Waals surface area contributed by atoms with E-state index in [1.165, 1.54) is 38.8 Å². The number of rotatable bonds is 9. The molecule has 0 aromatic heterocycles. The highest BCUT2D eigenvalue weighted by atomic mass is 16.5. The van der Waals surface area contributed by atoms with E-state index in [4.69, 9.17) is 4.74 Å². The highest BCUT2D eigenvalue weighted by Gasteiger charge is 2.20. The molecule has 0 aromatic rings. The average Bonchev–Trinajstić information content (AvgIpc) is 3.35. The van der Waals surface area contributed by atoms with Crippen molar-refractivity contribution in [1.29, 1.82) is 0 Å². The molecule has 1 heterocycles. The molecule has 2 fully saturated rings. The van der Waals surface area contributed by atoms with Crippen LogP contribution in [0.4, 0.5) is 0 Å². The molecule has 22 heavy (non-hydrogen) atoms. The predicted octanol–water partition coefficient (Wildman–Crippen LogP) is 1.70. The van der Waals surface area contributed by atoms with Crippen LogP contribution in [0.2, 0.25) is 0 Å². The van der Waals surface area contributed by atoms with Crippen molar-refractivity contribution in [3.8, 4) is 0 Å². The van der Waals surface area contributed by atoms with Gasteiger partial charge in [0.1, 0.15) is 0 Å². The molecule has 1 aliphatic carbocycles. The summed E-state index contributed by atoms with van der Waals surface area (Å²) in [6.45, 7) is 9.65. The van der Waals surface area contributed by atoms with Gasteiger partial charge >= 0.3 is 0 Å². The zero-order chi connectivity index (χ0) is 15.6. The van der Waals surface area contributed by atoms with E-state index in [9.17, 15) is 0 Å². The summed E-state index contributed by atoms with van der Waals surface area (Å²) in [6.07, 6.45) is 6.45. The van der Waals surface area contributed by atoms with Crippen LogP contribution in [0.1, 0.15) is 39.0 Å². The molecule has 2 aliphatic rings. The Morgan fingerprint density at radius 3 is 2.55 bits per heavy atom. The van der Waals surface area contributed by atoms with Gasteiger partial charge in [-0.3, -0.25) is 4.99 Å². The SMILES string of the molecule is CN=C(NCCCOCC1CC1)NCCN1CCC(C)CC1. The van der Waals surface area contributed by atoms with Crippen molar-refractivity contribution in [1.82, 2.24) is 15.5 Å². The number of guanidine groups is 1. The van der Waals surface area contributed by atoms with E-state index in [-0.39, 0.29) is 0 Å². The number of aliphatic imine (C=N–C) groups is 1. The molecule has 1 saturated heterocycles. The summed E-state index contributed by atoms with van der Waals surface area (Å²) in [6, 6.07) is 0. The lowest BCUT2D eigenvalue weighted by Crippen LogP contribution is -2.43. The molecule has 0 bridgehead atoms. The number of hydrogen-bond donors (Lipinski definition) is 2. The molecule has 5 nitrogen and oxygen atoms in total. The minimum atomic E-state index is 0.854. The van der Waals surface area contributed by atoms with Gasteiger partial charge in [0, 0.05) is 39.9 Å². The summed E-state index contributed by atoms with van der Waals surface area (Å²) in [7, 11) is 1.83. The van der Waals surface area contributed by atoms with Gasteiger partial charge in [-0.1, -0.05) is 6.92 Å². The van der Waals surface area contributed by atoms with E-state index in [1.54, 1.807) is 0 Å². The first kappa shape index (κ1) is 17.5. The van der Waals surface area contributed by atoms with Gasteiger partial charge in [0.05, 0.1) is 0 Å². The predicted molar refractivity (Wildman–Crippen MR) is 92.4 cm³/mol. The molecule has 0 amide bonds. The number of piperidine rings is 1. The van der Waals surface area contributed by atoms with Crippen LogP contribution in [0.3, 0.4) is 0 Å². The lowest BCUT2D eigenvalue weighted by atomic mass is 9.99. The highest BCUT2D eigenvalue weighted by molar-refractivity contribution is 5.79. The maximum Gasteiger partial charge on any atom is 0.191 e. The van der Waals surface area contributed by atoms with Gasteiger partial charge < -0.3 is 20.3 Å². The fourth-order valence-corrected chi connectivity index (χ4v) is 2.75. The van der Waals surface area contributed by atoms with Crippen LogP contribution in [0.15, 0.2) is 4.99 Å². The fraction of sp³-hybridized carbons (Fsp3) is 0.941. The van der Waals surface area contributed by atoms with Crippen molar-refractivity contribution in [2.45, 2.75) is 39.0 Å². The Labute approximate surface area is 135 Å². The Balaban J connectivity index is 1.44. The molecule has 0 spiro atoms. The maximum absolute atomic E-state index is 5.64. The first-order valence-electron chi connectivity index (χ1n) is 9.02. The van der Waals surface area contributed by atoms with Gasteiger partial charge in [0.15, 0.2) is 5.96 Å². The molecule has 0 radical (unpaired) electrons. The Morgan fingerprint density at radius 1 is 1.14 bits per heavy atom. The van der Waals surface area contributed by atoms with Crippen molar-refractivity contribution < 1.29 is 4.74 Å². The van der Waals surface area contributed by atoms with Crippen molar-refractivity contribution in [3.05, 3.63) is 0 Å². The quantitative estimate of drug-likeness (QED) is 0.387. The van der Waals surface area contributed by atoms with Crippen LogP contribution < -0.4 is 10.6 Å². The highest BCUT2D eigenvalue weighted by Crippen LogP contribution is 2.28. The first-order chi connectivity index (χ1) is 10.8. The average molecular weight is 310 g/mol. The lowest BCUT2D eigenvalue weighted by Gasteiger charge is -2.30. The smallest absolute Gasteiger partial charge is 0.191 e. The van der Waals surface area contributed by atoms with E-state index < -0.39 is 0 Å². The van der Waals surface area contributed by atoms with Gasteiger partial charge in [0.25, 0.3) is 0 Å². The van der Waals surface area contributed by atoms with Crippen LogP contribution in [0.5, 0.6) is 0 Å². The number of nitrogens with zero attached hydrogens (tertiary/aromatic N) is 2. The third kappa shape index (κ3) is 7.45. The van der Waals surface area contributed by atoms with Crippen LogP contribution >= 0.6 is 0 Å².